The zero-order valence-corrected chi connectivity index (χ0v) is 10.5. The van der Waals surface area contributed by atoms with Crippen molar-refractivity contribution >= 4 is 17.5 Å². The molecule has 1 aliphatic rings. The van der Waals surface area contributed by atoms with Gasteiger partial charge in [0.2, 0.25) is 5.91 Å². The fraction of sp³-hybridized carbons (Fsp3) is 0.417. The van der Waals surface area contributed by atoms with E-state index in [0.29, 0.717) is 24.5 Å². The van der Waals surface area contributed by atoms with Gasteiger partial charge in [-0.1, -0.05) is 0 Å². The molecule has 0 bridgehead atoms. The Balaban J connectivity index is 1.69. The van der Waals surface area contributed by atoms with Gasteiger partial charge in [0.25, 0.3) is 5.91 Å². The molecule has 1 fully saturated rings. The molecule has 1 aromatic heterocycles. The van der Waals surface area contributed by atoms with Crippen LogP contribution in [0.25, 0.3) is 0 Å². The van der Waals surface area contributed by atoms with Crippen LogP contribution < -0.4 is 21.9 Å². The summed E-state index contributed by atoms with van der Waals surface area (Å²) in [7, 11) is 0. The number of hydrogen-bond acceptors (Lipinski definition) is 5. The maximum Gasteiger partial charge on any atom is 0.269 e. The molecule has 2 amide bonds. The average Bonchev–Trinajstić information content (AvgIpc) is 3.27. The molecular formula is C12H17N5O2. The van der Waals surface area contributed by atoms with Crippen LogP contribution in [0.4, 0.5) is 5.69 Å². The number of nitrogens with one attached hydrogen (secondary N) is 3. The summed E-state index contributed by atoms with van der Waals surface area (Å²) in [5.74, 6) is 5.19. The highest BCUT2D eigenvalue weighted by Crippen LogP contribution is 2.28. The summed E-state index contributed by atoms with van der Waals surface area (Å²) >= 11 is 0. The third-order valence-electron chi connectivity index (χ3n) is 2.82. The second kappa shape index (κ2) is 6.14. The summed E-state index contributed by atoms with van der Waals surface area (Å²) in [5.41, 5.74) is 3.38. The molecule has 2 rings (SSSR count). The predicted molar refractivity (Wildman–Crippen MR) is 70.1 cm³/mol. The van der Waals surface area contributed by atoms with Crippen LogP contribution >= 0.6 is 0 Å². The second-order valence-corrected chi connectivity index (χ2v) is 4.40. The molecule has 5 N–H and O–H groups in total. The molecule has 1 heterocycles. The Morgan fingerprint density at radius 1 is 1.26 bits per heavy atom. The van der Waals surface area contributed by atoms with E-state index in [4.69, 9.17) is 5.84 Å². The fourth-order valence-corrected chi connectivity index (χ4v) is 1.56. The second-order valence-electron chi connectivity index (χ2n) is 4.40. The molecule has 1 saturated carbocycles. The van der Waals surface area contributed by atoms with Crippen LogP contribution in [0.15, 0.2) is 18.3 Å². The van der Waals surface area contributed by atoms with Gasteiger partial charge in [-0.05, 0) is 25.0 Å². The molecule has 0 unspecified atom stereocenters. The summed E-state index contributed by atoms with van der Waals surface area (Å²) in [5, 5.41) is 5.45. The zero-order valence-electron chi connectivity index (χ0n) is 10.5. The number of amides is 2. The highest BCUT2D eigenvalue weighted by Gasteiger charge is 2.28. The van der Waals surface area contributed by atoms with Crippen molar-refractivity contribution in [3.8, 4) is 0 Å². The number of aromatic nitrogens is 1. The topological polar surface area (TPSA) is 109 Å². The van der Waals surface area contributed by atoms with Gasteiger partial charge in [-0.2, -0.15) is 0 Å². The first-order valence-electron chi connectivity index (χ1n) is 6.19. The third kappa shape index (κ3) is 3.92. The van der Waals surface area contributed by atoms with Crippen molar-refractivity contribution < 1.29 is 9.59 Å². The molecule has 0 saturated heterocycles. The summed E-state index contributed by atoms with van der Waals surface area (Å²) in [6.45, 7) is 0.819. The van der Waals surface area contributed by atoms with Crippen LogP contribution in [0.3, 0.4) is 0 Å². The first kappa shape index (κ1) is 13.3. The van der Waals surface area contributed by atoms with Gasteiger partial charge in [0.15, 0.2) is 0 Å². The molecule has 0 radical (unpaired) electrons. The van der Waals surface area contributed by atoms with Gasteiger partial charge >= 0.3 is 0 Å². The van der Waals surface area contributed by atoms with Crippen LogP contribution in [0, 0.1) is 5.92 Å². The number of hydrogen-bond donors (Lipinski definition) is 4. The Morgan fingerprint density at radius 3 is 2.58 bits per heavy atom. The first-order chi connectivity index (χ1) is 9.20. The van der Waals surface area contributed by atoms with Crippen molar-refractivity contribution in [1.29, 1.82) is 0 Å². The van der Waals surface area contributed by atoms with Gasteiger partial charge in [-0.15, -0.1) is 0 Å². The van der Waals surface area contributed by atoms with Gasteiger partial charge in [-0.3, -0.25) is 15.4 Å². The predicted octanol–water partition coefficient (Wildman–Crippen LogP) is -0.377. The first-order valence-corrected chi connectivity index (χ1v) is 6.19. The van der Waals surface area contributed by atoms with E-state index in [0.717, 1.165) is 12.8 Å². The zero-order chi connectivity index (χ0) is 13.7. The lowest BCUT2D eigenvalue weighted by Crippen LogP contribution is -2.35. The van der Waals surface area contributed by atoms with Crippen molar-refractivity contribution in [1.82, 2.24) is 15.6 Å². The molecule has 7 nitrogen and oxygen atoms in total. The van der Waals surface area contributed by atoms with E-state index in [1.54, 1.807) is 12.1 Å². The van der Waals surface area contributed by atoms with E-state index >= 15 is 0 Å². The van der Waals surface area contributed by atoms with Crippen molar-refractivity contribution in [2.75, 3.05) is 18.5 Å². The van der Waals surface area contributed by atoms with E-state index in [1.165, 1.54) is 6.20 Å². The number of rotatable bonds is 6. The minimum absolute atomic E-state index is 0.0748. The largest absolute Gasteiger partial charge is 0.354 e. The number of pyridine rings is 1. The van der Waals surface area contributed by atoms with Gasteiger partial charge in [0.1, 0.15) is 5.69 Å². The van der Waals surface area contributed by atoms with Gasteiger partial charge in [0, 0.05) is 19.0 Å². The molecular weight excluding hydrogens is 246 g/mol. The van der Waals surface area contributed by atoms with Gasteiger partial charge in [0.05, 0.1) is 11.9 Å². The number of anilines is 1. The number of nitrogens with two attached hydrogens (primary N) is 1. The highest BCUT2D eigenvalue weighted by atomic mass is 16.2. The van der Waals surface area contributed by atoms with Crippen molar-refractivity contribution in [2.45, 2.75) is 12.8 Å². The van der Waals surface area contributed by atoms with Gasteiger partial charge in [-0.25, -0.2) is 4.98 Å². The fourth-order valence-electron chi connectivity index (χ4n) is 1.56. The molecule has 7 heteroatoms. The van der Waals surface area contributed by atoms with Gasteiger partial charge < -0.3 is 16.1 Å². The molecule has 1 aromatic rings. The summed E-state index contributed by atoms with van der Waals surface area (Å²) < 4.78 is 0. The minimum Gasteiger partial charge on any atom is -0.354 e. The Labute approximate surface area is 110 Å². The summed E-state index contributed by atoms with van der Waals surface area (Å²) in [6, 6.07) is 3.24. The van der Waals surface area contributed by atoms with E-state index < -0.39 is 0 Å². The number of nitrogen functional groups attached to an aromatic ring is 1. The van der Waals surface area contributed by atoms with Crippen LogP contribution in [0.2, 0.25) is 0 Å². The van der Waals surface area contributed by atoms with Crippen LogP contribution in [-0.4, -0.2) is 29.9 Å². The summed E-state index contributed by atoms with van der Waals surface area (Å²) in [4.78, 5) is 27.0. The van der Waals surface area contributed by atoms with Crippen molar-refractivity contribution in [2.24, 2.45) is 11.8 Å². The lowest BCUT2D eigenvalue weighted by atomic mass is 10.3. The minimum atomic E-state index is -0.274. The molecule has 0 spiro atoms. The van der Waals surface area contributed by atoms with Crippen LogP contribution in [-0.2, 0) is 4.79 Å². The van der Waals surface area contributed by atoms with E-state index in [1.807, 2.05) is 0 Å². The van der Waals surface area contributed by atoms with Crippen molar-refractivity contribution in [3.05, 3.63) is 24.0 Å². The maximum atomic E-state index is 11.7. The van der Waals surface area contributed by atoms with Crippen LogP contribution in [0.5, 0.6) is 0 Å². The molecule has 0 aliphatic heterocycles. The molecule has 1 aliphatic carbocycles. The lowest BCUT2D eigenvalue weighted by molar-refractivity contribution is -0.122. The van der Waals surface area contributed by atoms with E-state index in [9.17, 15) is 9.59 Å². The molecule has 102 valence electrons. The molecule has 0 atom stereocenters. The standard InChI is InChI=1S/C12H17N5O2/c13-17-9-3-4-10(16-7-9)12(19)15-6-5-14-11(18)8-1-2-8/h3-4,7-8,17H,1-2,5-6,13H2,(H,14,18)(H,15,19). The molecule has 19 heavy (non-hydrogen) atoms. The number of hydrazine groups is 1. The number of nitrogens with zero attached hydrogens (tertiary/aromatic N) is 1. The Morgan fingerprint density at radius 2 is 2.00 bits per heavy atom. The Kier molecular flexibility index (Phi) is 4.30. The Bertz CT molecular complexity index is 456. The monoisotopic (exact) mass is 263 g/mol. The van der Waals surface area contributed by atoms with Crippen molar-refractivity contribution in [3.63, 3.8) is 0 Å². The van der Waals surface area contributed by atoms with Crippen LogP contribution in [0.1, 0.15) is 23.3 Å². The van der Waals surface area contributed by atoms with E-state index in [-0.39, 0.29) is 17.7 Å². The summed E-state index contributed by atoms with van der Waals surface area (Å²) in [6.07, 6.45) is 3.43. The number of carbonyl (C=O) groups is 2. The highest BCUT2D eigenvalue weighted by molar-refractivity contribution is 5.92. The smallest absolute Gasteiger partial charge is 0.269 e. The lowest BCUT2D eigenvalue weighted by Gasteiger charge is -2.06. The third-order valence-corrected chi connectivity index (χ3v) is 2.82. The SMILES string of the molecule is NNc1ccc(C(=O)NCCNC(=O)C2CC2)nc1. The average molecular weight is 263 g/mol. The number of carbonyl (C=O) groups excluding carboxylic acids is 2. The molecule has 0 aromatic carbocycles. The Hall–Kier alpha value is -2.15. The maximum absolute atomic E-state index is 11.7. The normalized spacial score (nSPS) is 13.7. The van der Waals surface area contributed by atoms with E-state index in [2.05, 4.69) is 21.0 Å². The quantitative estimate of drug-likeness (QED) is 0.318.